The normalized spacial score (nSPS) is 14.9. The minimum atomic E-state index is -0.725. The second-order valence-corrected chi connectivity index (χ2v) is 9.33. The fourth-order valence-electron chi connectivity index (χ4n) is 4.46. The molecule has 7 nitrogen and oxygen atoms in total. The van der Waals surface area contributed by atoms with E-state index in [1.54, 1.807) is 29.3 Å². The Balaban J connectivity index is 1.83. The van der Waals surface area contributed by atoms with Gasteiger partial charge in [0.2, 0.25) is 17.7 Å². The van der Waals surface area contributed by atoms with Gasteiger partial charge in [-0.3, -0.25) is 14.4 Å². The molecule has 2 aromatic rings. The van der Waals surface area contributed by atoms with Gasteiger partial charge in [0.05, 0.1) is 0 Å². The second kappa shape index (κ2) is 12.3. The van der Waals surface area contributed by atoms with E-state index in [1.807, 2.05) is 45.0 Å². The monoisotopic (exact) mass is 464 g/mol. The number of nitrogens with zero attached hydrogens (tertiary/aromatic N) is 2. The molecule has 1 aromatic heterocycles. The summed E-state index contributed by atoms with van der Waals surface area (Å²) in [4.78, 5) is 45.4. The molecule has 1 aliphatic rings. The van der Waals surface area contributed by atoms with Crippen LogP contribution in [-0.4, -0.2) is 39.7 Å². The van der Waals surface area contributed by atoms with E-state index in [2.05, 4.69) is 15.6 Å². The number of hydrogen-bond donors (Lipinski definition) is 2. The van der Waals surface area contributed by atoms with Crippen molar-refractivity contribution < 1.29 is 14.4 Å². The molecule has 0 radical (unpaired) electrons. The van der Waals surface area contributed by atoms with E-state index >= 15 is 0 Å². The van der Waals surface area contributed by atoms with Crippen LogP contribution in [-0.2, 0) is 14.4 Å². The Morgan fingerprint density at radius 3 is 2.32 bits per heavy atom. The number of aryl methyl sites for hydroxylation is 1. The average Bonchev–Trinajstić information content (AvgIpc) is 2.82. The third kappa shape index (κ3) is 7.14. The standard InChI is InChI=1S/C27H36N4O3/c1-19(2)29-27(34)26(21-14-12-20(3)13-15-21)31(22-9-5-4-6-10-22)25(33)17-16-24(32)30-23-11-7-8-18-28-23/h7-8,11-15,18-19,22,26H,4-6,9-10,16-17H2,1-3H3,(H,29,34)(H,28,30,32). The maximum absolute atomic E-state index is 13.6. The Labute approximate surface area is 202 Å². The lowest BCUT2D eigenvalue weighted by molar-refractivity contribution is -0.145. The Hall–Kier alpha value is -3.22. The molecule has 182 valence electrons. The van der Waals surface area contributed by atoms with Crippen LogP contribution < -0.4 is 10.6 Å². The minimum absolute atomic E-state index is 0.0238. The van der Waals surface area contributed by atoms with Crippen molar-refractivity contribution >= 4 is 23.5 Å². The summed E-state index contributed by atoms with van der Waals surface area (Å²) < 4.78 is 0. The van der Waals surface area contributed by atoms with Crippen molar-refractivity contribution in [3.63, 3.8) is 0 Å². The molecule has 34 heavy (non-hydrogen) atoms. The Morgan fingerprint density at radius 2 is 1.71 bits per heavy atom. The van der Waals surface area contributed by atoms with Gasteiger partial charge in [0.1, 0.15) is 11.9 Å². The maximum Gasteiger partial charge on any atom is 0.247 e. The zero-order valence-corrected chi connectivity index (χ0v) is 20.4. The number of carbonyl (C=O) groups excluding carboxylic acids is 3. The molecule has 0 spiro atoms. The molecule has 2 N–H and O–H groups in total. The largest absolute Gasteiger partial charge is 0.352 e. The first-order valence-electron chi connectivity index (χ1n) is 12.2. The topological polar surface area (TPSA) is 91.4 Å². The van der Waals surface area contributed by atoms with Crippen molar-refractivity contribution in [1.82, 2.24) is 15.2 Å². The highest BCUT2D eigenvalue weighted by molar-refractivity contribution is 5.94. The summed E-state index contributed by atoms with van der Waals surface area (Å²) in [5.74, 6) is -0.171. The van der Waals surface area contributed by atoms with Gasteiger partial charge in [-0.1, -0.05) is 55.2 Å². The third-order valence-corrected chi connectivity index (χ3v) is 6.10. The molecule has 0 bridgehead atoms. The number of hydrogen-bond acceptors (Lipinski definition) is 4. The number of carbonyl (C=O) groups is 3. The highest BCUT2D eigenvalue weighted by Gasteiger charge is 2.37. The van der Waals surface area contributed by atoms with E-state index < -0.39 is 6.04 Å². The van der Waals surface area contributed by atoms with Gasteiger partial charge >= 0.3 is 0 Å². The molecule has 1 unspecified atom stereocenters. The van der Waals surface area contributed by atoms with Gasteiger partial charge in [-0.2, -0.15) is 0 Å². The summed E-state index contributed by atoms with van der Waals surface area (Å²) in [7, 11) is 0. The van der Waals surface area contributed by atoms with Gasteiger partial charge < -0.3 is 15.5 Å². The van der Waals surface area contributed by atoms with Crippen molar-refractivity contribution in [1.29, 1.82) is 0 Å². The van der Waals surface area contributed by atoms with Gasteiger partial charge in [-0.25, -0.2) is 4.98 Å². The lowest BCUT2D eigenvalue weighted by Crippen LogP contribution is -2.50. The van der Waals surface area contributed by atoms with E-state index in [4.69, 9.17) is 0 Å². The van der Waals surface area contributed by atoms with Crippen LogP contribution in [0.4, 0.5) is 5.82 Å². The van der Waals surface area contributed by atoms with Gasteiger partial charge in [0.25, 0.3) is 0 Å². The summed E-state index contributed by atoms with van der Waals surface area (Å²) in [6.07, 6.45) is 6.59. The predicted octanol–water partition coefficient (Wildman–Crippen LogP) is 4.54. The van der Waals surface area contributed by atoms with Gasteiger partial charge in [0, 0.05) is 31.1 Å². The van der Waals surface area contributed by atoms with Crippen LogP contribution in [0, 0.1) is 6.92 Å². The number of anilines is 1. The van der Waals surface area contributed by atoms with Crippen LogP contribution in [0.3, 0.4) is 0 Å². The maximum atomic E-state index is 13.6. The van der Waals surface area contributed by atoms with Crippen LogP contribution in [0.25, 0.3) is 0 Å². The van der Waals surface area contributed by atoms with Crippen molar-refractivity contribution in [2.24, 2.45) is 0 Å². The molecule has 3 amide bonds. The van der Waals surface area contributed by atoms with Gasteiger partial charge in [-0.05, 0) is 51.3 Å². The summed E-state index contributed by atoms with van der Waals surface area (Å²) in [6.45, 7) is 5.83. The van der Waals surface area contributed by atoms with E-state index in [-0.39, 0.29) is 42.6 Å². The first-order chi connectivity index (χ1) is 16.3. The number of aromatic nitrogens is 1. The minimum Gasteiger partial charge on any atom is -0.352 e. The molecule has 1 aromatic carbocycles. The first-order valence-corrected chi connectivity index (χ1v) is 12.2. The fraction of sp³-hybridized carbons (Fsp3) is 0.481. The van der Waals surface area contributed by atoms with Crippen LogP contribution in [0.5, 0.6) is 0 Å². The van der Waals surface area contributed by atoms with E-state index in [0.717, 1.165) is 43.2 Å². The van der Waals surface area contributed by atoms with Crippen molar-refractivity contribution in [3.05, 3.63) is 59.8 Å². The van der Waals surface area contributed by atoms with Gasteiger partial charge in [0.15, 0.2) is 0 Å². The van der Waals surface area contributed by atoms with Crippen LogP contribution in [0.2, 0.25) is 0 Å². The van der Waals surface area contributed by atoms with E-state index in [9.17, 15) is 14.4 Å². The predicted molar refractivity (Wildman–Crippen MR) is 133 cm³/mol. The first kappa shape index (κ1) is 25.4. The zero-order chi connectivity index (χ0) is 24.5. The third-order valence-electron chi connectivity index (χ3n) is 6.10. The number of rotatable bonds is 9. The molecular weight excluding hydrogens is 428 g/mol. The summed E-state index contributed by atoms with van der Waals surface area (Å²) in [6, 6.07) is 12.3. The molecule has 0 saturated heterocycles. The summed E-state index contributed by atoms with van der Waals surface area (Å²) in [5.41, 5.74) is 1.88. The summed E-state index contributed by atoms with van der Waals surface area (Å²) in [5, 5.41) is 5.74. The van der Waals surface area contributed by atoms with Crippen molar-refractivity contribution in [2.45, 2.75) is 83.8 Å². The lowest BCUT2D eigenvalue weighted by atomic mass is 9.90. The van der Waals surface area contributed by atoms with E-state index in [1.165, 1.54) is 0 Å². The Bertz CT molecular complexity index is 954. The molecule has 1 fully saturated rings. The number of amides is 3. The van der Waals surface area contributed by atoms with Crippen LogP contribution in [0.1, 0.15) is 76.0 Å². The molecule has 1 atom stereocenters. The second-order valence-electron chi connectivity index (χ2n) is 9.33. The SMILES string of the molecule is Cc1ccc(C(C(=O)NC(C)C)N(C(=O)CCC(=O)Nc2ccccn2)C2CCCCC2)cc1. The van der Waals surface area contributed by atoms with E-state index in [0.29, 0.717) is 5.82 Å². The number of benzene rings is 1. The fourth-order valence-corrected chi connectivity index (χ4v) is 4.46. The Morgan fingerprint density at radius 1 is 1.00 bits per heavy atom. The summed E-state index contributed by atoms with van der Waals surface area (Å²) >= 11 is 0. The molecule has 0 aliphatic heterocycles. The highest BCUT2D eigenvalue weighted by atomic mass is 16.2. The average molecular weight is 465 g/mol. The quantitative estimate of drug-likeness (QED) is 0.570. The van der Waals surface area contributed by atoms with Crippen molar-refractivity contribution in [3.8, 4) is 0 Å². The molecule has 7 heteroatoms. The smallest absolute Gasteiger partial charge is 0.247 e. The molecule has 1 heterocycles. The zero-order valence-electron chi connectivity index (χ0n) is 20.4. The molecule has 1 saturated carbocycles. The molecule has 1 aliphatic carbocycles. The molecule has 3 rings (SSSR count). The number of nitrogens with one attached hydrogen (secondary N) is 2. The highest BCUT2D eigenvalue weighted by Crippen LogP contribution is 2.32. The Kier molecular flexibility index (Phi) is 9.19. The van der Waals surface area contributed by atoms with Crippen molar-refractivity contribution in [2.75, 3.05) is 5.32 Å². The number of pyridine rings is 1. The van der Waals surface area contributed by atoms with Crippen LogP contribution in [0.15, 0.2) is 48.7 Å². The molecular formula is C27H36N4O3. The van der Waals surface area contributed by atoms with Crippen LogP contribution >= 0.6 is 0 Å². The van der Waals surface area contributed by atoms with Gasteiger partial charge in [-0.15, -0.1) is 0 Å². The lowest BCUT2D eigenvalue weighted by Gasteiger charge is -2.40.